The Bertz CT molecular complexity index is 993. The fraction of sp³-hybridized carbons (Fsp3) is 0.292. The van der Waals surface area contributed by atoms with Gasteiger partial charge in [-0.25, -0.2) is 4.79 Å². The molecule has 0 radical (unpaired) electrons. The maximum Gasteiger partial charge on any atom is 0.323 e. The predicted octanol–water partition coefficient (Wildman–Crippen LogP) is 5.51. The zero-order valence-electron chi connectivity index (χ0n) is 17.4. The Kier molecular flexibility index (Phi) is 5.93. The van der Waals surface area contributed by atoms with Gasteiger partial charge in [0, 0.05) is 30.0 Å². The highest BCUT2D eigenvalue weighted by Gasteiger charge is 2.14. The van der Waals surface area contributed by atoms with E-state index in [0.29, 0.717) is 11.6 Å². The molecular formula is C24H27N5O. The lowest BCUT2D eigenvalue weighted by Crippen LogP contribution is -2.19. The number of urea groups is 1. The number of carbonyl (C=O) groups excluding carboxylic acids is 1. The molecule has 6 nitrogen and oxygen atoms in total. The SMILES string of the molecule is CC(C)c1ccc(NC(=O)Nc2cccc(-c3ccc(N4CCCC4)nn3)c2)cc1. The number of nitrogens with one attached hydrogen (secondary N) is 2. The Morgan fingerprint density at radius 2 is 1.63 bits per heavy atom. The summed E-state index contributed by atoms with van der Waals surface area (Å²) in [5.74, 6) is 1.39. The monoisotopic (exact) mass is 401 g/mol. The number of hydrogen-bond acceptors (Lipinski definition) is 4. The van der Waals surface area contributed by atoms with Crippen LogP contribution < -0.4 is 15.5 Å². The van der Waals surface area contributed by atoms with Gasteiger partial charge in [0.05, 0.1) is 5.69 Å². The van der Waals surface area contributed by atoms with E-state index in [-0.39, 0.29) is 6.03 Å². The molecule has 0 unspecified atom stereocenters. The summed E-state index contributed by atoms with van der Waals surface area (Å²) in [5.41, 5.74) is 4.40. The second-order valence-corrected chi connectivity index (χ2v) is 7.91. The first kappa shape index (κ1) is 19.9. The Hall–Kier alpha value is -3.41. The molecule has 2 amide bonds. The van der Waals surface area contributed by atoms with Crippen molar-refractivity contribution in [1.82, 2.24) is 10.2 Å². The third kappa shape index (κ3) is 4.76. The zero-order chi connectivity index (χ0) is 20.9. The van der Waals surface area contributed by atoms with Crippen molar-refractivity contribution in [2.75, 3.05) is 28.6 Å². The molecule has 2 heterocycles. The third-order valence-electron chi connectivity index (χ3n) is 5.33. The average molecular weight is 402 g/mol. The van der Waals surface area contributed by atoms with Crippen LogP contribution in [-0.4, -0.2) is 29.3 Å². The van der Waals surface area contributed by atoms with Gasteiger partial charge >= 0.3 is 6.03 Å². The standard InChI is InChI=1S/C24H27N5O/c1-17(2)18-8-10-20(11-9-18)25-24(30)26-21-7-5-6-19(16-21)22-12-13-23(28-27-22)29-14-3-4-15-29/h5-13,16-17H,3-4,14-15H2,1-2H3,(H2,25,26,30). The molecule has 1 fully saturated rings. The Morgan fingerprint density at radius 3 is 2.30 bits per heavy atom. The van der Waals surface area contributed by atoms with E-state index >= 15 is 0 Å². The van der Waals surface area contributed by atoms with E-state index < -0.39 is 0 Å². The third-order valence-corrected chi connectivity index (χ3v) is 5.33. The second kappa shape index (κ2) is 8.95. The number of benzene rings is 2. The number of anilines is 3. The zero-order valence-corrected chi connectivity index (χ0v) is 17.4. The molecule has 0 atom stereocenters. The van der Waals surface area contributed by atoms with E-state index in [1.807, 2.05) is 60.7 Å². The second-order valence-electron chi connectivity index (χ2n) is 7.91. The molecule has 1 aliphatic heterocycles. The summed E-state index contributed by atoms with van der Waals surface area (Å²) in [4.78, 5) is 14.6. The van der Waals surface area contributed by atoms with Gasteiger partial charge in [0.1, 0.15) is 0 Å². The molecule has 1 aliphatic rings. The number of amides is 2. The summed E-state index contributed by atoms with van der Waals surface area (Å²) in [5, 5.41) is 14.5. The lowest BCUT2D eigenvalue weighted by Gasteiger charge is -2.15. The lowest BCUT2D eigenvalue weighted by atomic mass is 10.0. The molecule has 0 bridgehead atoms. The predicted molar refractivity (Wildman–Crippen MR) is 122 cm³/mol. The maximum atomic E-state index is 12.4. The molecule has 2 aromatic carbocycles. The molecule has 30 heavy (non-hydrogen) atoms. The Labute approximate surface area is 177 Å². The molecule has 0 spiro atoms. The number of rotatable bonds is 5. The molecule has 154 valence electrons. The molecule has 1 aromatic heterocycles. The minimum absolute atomic E-state index is 0.278. The topological polar surface area (TPSA) is 70.2 Å². The number of hydrogen-bond donors (Lipinski definition) is 2. The highest BCUT2D eigenvalue weighted by atomic mass is 16.2. The summed E-state index contributed by atoms with van der Waals surface area (Å²) in [6.07, 6.45) is 2.42. The van der Waals surface area contributed by atoms with Crippen LogP contribution in [0.25, 0.3) is 11.3 Å². The van der Waals surface area contributed by atoms with Gasteiger partial charge in [-0.05, 0) is 60.7 Å². The lowest BCUT2D eigenvalue weighted by molar-refractivity contribution is 0.262. The number of nitrogens with zero attached hydrogens (tertiary/aromatic N) is 3. The van der Waals surface area contributed by atoms with E-state index in [2.05, 4.69) is 39.6 Å². The summed E-state index contributed by atoms with van der Waals surface area (Å²) in [7, 11) is 0. The van der Waals surface area contributed by atoms with Crippen LogP contribution >= 0.6 is 0 Å². The Morgan fingerprint density at radius 1 is 0.900 bits per heavy atom. The molecule has 4 rings (SSSR count). The van der Waals surface area contributed by atoms with E-state index in [1.165, 1.54) is 18.4 Å². The van der Waals surface area contributed by atoms with Gasteiger partial charge in [-0.15, -0.1) is 10.2 Å². The summed E-state index contributed by atoms with van der Waals surface area (Å²) < 4.78 is 0. The van der Waals surface area contributed by atoms with Crippen LogP contribution in [0.3, 0.4) is 0 Å². The summed E-state index contributed by atoms with van der Waals surface area (Å²) in [6.45, 7) is 6.38. The first-order valence-corrected chi connectivity index (χ1v) is 10.5. The van der Waals surface area contributed by atoms with Crippen molar-refractivity contribution in [3.8, 4) is 11.3 Å². The van der Waals surface area contributed by atoms with E-state index in [9.17, 15) is 4.79 Å². The van der Waals surface area contributed by atoms with E-state index in [0.717, 1.165) is 35.9 Å². The molecule has 6 heteroatoms. The van der Waals surface area contributed by atoms with Crippen LogP contribution in [0.2, 0.25) is 0 Å². The van der Waals surface area contributed by atoms with Crippen LogP contribution in [0, 0.1) is 0 Å². The molecule has 2 N–H and O–H groups in total. The minimum atomic E-state index is -0.278. The van der Waals surface area contributed by atoms with E-state index in [4.69, 9.17) is 0 Å². The van der Waals surface area contributed by atoms with Crippen molar-refractivity contribution >= 4 is 23.2 Å². The van der Waals surface area contributed by atoms with Gasteiger partial charge in [-0.2, -0.15) is 0 Å². The van der Waals surface area contributed by atoms with Crippen molar-refractivity contribution in [2.24, 2.45) is 0 Å². The molecule has 3 aromatic rings. The van der Waals surface area contributed by atoms with Crippen LogP contribution in [0.15, 0.2) is 60.7 Å². The van der Waals surface area contributed by atoms with Gasteiger partial charge in [-0.3, -0.25) is 0 Å². The molecular weight excluding hydrogens is 374 g/mol. The first-order valence-electron chi connectivity index (χ1n) is 10.5. The van der Waals surface area contributed by atoms with Gasteiger partial charge < -0.3 is 15.5 Å². The number of aromatic nitrogens is 2. The highest BCUT2D eigenvalue weighted by molar-refractivity contribution is 6.00. The smallest absolute Gasteiger partial charge is 0.323 e. The first-order chi connectivity index (χ1) is 14.6. The highest BCUT2D eigenvalue weighted by Crippen LogP contribution is 2.23. The van der Waals surface area contributed by atoms with Crippen molar-refractivity contribution in [1.29, 1.82) is 0 Å². The van der Waals surface area contributed by atoms with Crippen molar-refractivity contribution < 1.29 is 4.79 Å². The van der Waals surface area contributed by atoms with Crippen LogP contribution in [0.5, 0.6) is 0 Å². The average Bonchev–Trinajstić information content (AvgIpc) is 3.29. The maximum absolute atomic E-state index is 12.4. The summed E-state index contributed by atoms with van der Waals surface area (Å²) >= 11 is 0. The molecule has 0 aliphatic carbocycles. The normalized spacial score (nSPS) is 13.5. The fourth-order valence-corrected chi connectivity index (χ4v) is 3.60. The quantitative estimate of drug-likeness (QED) is 0.591. The van der Waals surface area contributed by atoms with Gasteiger partial charge in [0.2, 0.25) is 0 Å². The molecule has 1 saturated heterocycles. The summed E-state index contributed by atoms with van der Waals surface area (Å²) in [6, 6.07) is 19.3. The van der Waals surface area contributed by atoms with Crippen LogP contribution in [0.4, 0.5) is 22.0 Å². The van der Waals surface area contributed by atoms with Gasteiger partial charge in [0.25, 0.3) is 0 Å². The fourth-order valence-electron chi connectivity index (χ4n) is 3.60. The number of carbonyl (C=O) groups is 1. The van der Waals surface area contributed by atoms with Gasteiger partial charge in [0.15, 0.2) is 5.82 Å². The minimum Gasteiger partial charge on any atom is -0.355 e. The van der Waals surface area contributed by atoms with E-state index in [1.54, 1.807) is 0 Å². The largest absolute Gasteiger partial charge is 0.355 e. The van der Waals surface area contributed by atoms with Crippen molar-refractivity contribution in [2.45, 2.75) is 32.6 Å². The van der Waals surface area contributed by atoms with Crippen molar-refractivity contribution in [3.05, 3.63) is 66.2 Å². The van der Waals surface area contributed by atoms with Crippen LogP contribution in [0.1, 0.15) is 38.2 Å². The molecule has 0 saturated carbocycles. The van der Waals surface area contributed by atoms with Crippen LogP contribution in [-0.2, 0) is 0 Å². The van der Waals surface area contributed by atoms with Crippen molar-refractivity contribution in [3.63, 3.8) is 0 Å². The van der Waals surface area contributed by atoms with Gasteiger partial charge in [-0.1, -0.05) is 38.1 Å². The Balaban J connectivity index is 1.40.